The van der Waals surface area contributed by atoms with Crippen LogP contribution in [0.15, 0.2) is 36.7 Å². The zero-order chi connectivity index (χ0) is 16.2. The molecule has 2 heterocycles. The third kappa shape index (κ3) is 3.70. The molecule has 0 bridgehead atoms. The van der Waals surface area contributed by atoms with Crippen LogP contribution in [-0.4, -0.2) is 39.0 Å². The molecule has 2 amide bonds. The van der Waals surface area contributed by atoms with Gasteiger partial charge >= 0.3 is 6.03 Å². The fourth-order valence-electron chi connectivity index (χ4n) is 2.83. The Morgan fingerprint density at radius 3 is 2.57 bits per heavy atom. The third-order valence-corrected chi connectivity index (χ3v) is 4.49. The Labute approximate surface area is 136 Å². The van der Waals surface area contributed by atoms with Crippen molar-refractivity contribution >= 4 is 6.03 Å². The highest BCUT2D eigenvalue weighted by atomic mass is 16.2. The highest BCUT2D eigenvalue weighted by Crippen LogP contribution is 2.18. The lowest BCUT2D eigenvalue weighted by molar-refractivity contribution is 0.171. The normalized spacial score (nSPS) is 17.0. The van der Waals surface area contributed by atoms with Gasteiger partial charge in [0.1, 0.15) is 0 Å². The molecule has 0 aliphatic carbocycles. The summed E-state index contributed by atoms with van der Waals surface area (Å²) in [7, 11) is 0. The van der Waals surface area contributed by atoms with E-state index in [0.29, 0.717) is 0 Å². The van der Waals surface area contributed by atoms with Gasteiger partial charge in [0.15, 0.2) is 0 Å². The highest BCUT2D eigenvalue weighted by Gasteiger charge is 2.21. The van der Waals surface area contributed by atoms with E-state index in [-0.39, 0.29) is 12.1 Å². The summed E-state index contributed by atoms with van der Waals surface area (Å²) in [4.78, 5) is 14.3. The van der Waals surface area contributed by atoms with Crippen LogP contribution in [0.4, 0.5) is 4.79 Å². The first-order valence-corrected chi connectivity index (χ1v) is 8.15. The summed E-state index contributed by atoms with van der Waals surface area (Å²) in [5.74, 6) is 0.723. The molecule has 1 unspecified atom stereocenters. The molecule has 1 aliphatic rings. The first kappa shape index (κ1) is 15.5. The van der Waals surface area contributed by atoms with Gasteiger partial charge in [-0.15, -0.1) is 5.10 Å². The lowest BCUT2D eigenvalue weighted by atomic mass is 9.99. The maximum atomic E-state index is 12.3. The molecule has 6 heteroatoms. The van der Waals surface area contributed by atoms with Crippen LogP contribution in [-0.2, 0) is 0 Å². The number of amides is 2. The molecule has 1 fully saturated rings. The van der Waals surface area contributed by atoms with Gasteiger partial charge < -0.3 is 10.2 Å². The van der Waals surface area contributed by atoms with Crippen LogP contribution in [0, 0.1) is 5.92 Å². The minimum atomic E-state index is -0.0216. The Hall–Kier alpha value is -2.37. The molecule has 0 saturated carbocycles. The largest absolute Gasteiger partial charge is 0.331 e. The molecule has 2 aromatic rings. The van der Waals surface area contributed by atoms with Crippen LogP contribution >= 0.6 is 0 Å². The van der Waals surface area contributed by atoms with E-state index in [9.17, 15) is 4.79 Å². The molecule has 3 rings (SSSR count). The summed E-state index contributed by atoms with van der Waals surface area (Å²) in [5, 5.41) is 10.9. The zero-order valence-electron chi connectivity index (χ0n) is 13.6. The molecule has 1 atom stereocenters. The van der Waals surface area contributed by atoms with Crippen LogP contribution < -0.4 is 5.32 Å². The number of carbonyl (C=O) groups excluding carboxylic acids is 1. The Morgan fingerprint density at radius 2 is 1.96 bits per heavy atom. The van der Waals surface area contributed by atoms with Crippen molar-refractivity contribution in [2.24, 2.45) is 5.92 Å². The van der Waals surface area contributed by atoms with E-state index >= 15 is 0 Å². The van der Waals surface area contributed by atoms with Crippen LogP contribution in [0.2, 0.25) is 0 Å². The molecular formula is C17H23N5O. The number of nitrogens with zero attached hydrogens (tertiary/aromatic N) is 4. The number of urea groups is 1. The van der Waals surface area contributed by atoms with Gasteiger partial charge in [-0.2, -0.15) is 0 Å². The fourth-order valence-corrected chi connectivity index (χ4v) is 2.83. The summed E-state index contributed by atoms with van der Waals surface area (Å²) in [5.41, 5.74) is 2.03. The monoisotopic (exact) mass is 313 g/mol. The molecule has 1 aromatic carbocycles. The molecule has 1 saturated heterocycles. The second-order valence-corrected chi connectivity index (χ2v) is 6.28. The van der Waals surface area contributed by atoms with Gasteiger partial charge in [-0.1, -0.05) is 24.3 Å². The molecule has 0 spiro atoms. The number of rotatable bonds is 3. The average molecular weight is 313 g/mol. The number of carbonyl (C=O) groups is 1. The van der Waals surface area contributed by atoms with E-state index < -0.39 is 0 Å². The number of nitrogens with one attached hydrogen (secondary N) is 1. The van der Waals surface area contributed by atoms with Gasteiger partial charge in [0.05, 0.1) is 24.1 Å². The van der Waals surface area contributed by atoms with Crippen molar-refractivity contribution in [1.29, 1.82) is 0 Å². The Balaban J connectivity index is 1.59. The first-order chi connectivity index (χ1) is 11.1. The van der Waals surface area contributed by atoms with Gasteiger partial charge in [-0.25, -0.2) is 9.48 Å². The van der Waals surface area contributed by atoms with Crippen molar-refractivity contribution in [3.63, 3.8) is 0 Å². The number of hydrogen-bond acceptors (Lipinski definition) is 3. The molecule has 23 heavy (non-hydrogen) atoms. The van der Waals surface area contributed by atoms with Gasteiger partial charge in [-0.05, 0) is 43.4 Å². The Bertz CT molecular complexity index is 630. The Morgan fingerprint density at radius 1 is 1.26 bits per heavy atom. The molecule has 6 nitrogen and oxygen atoms in total. The Kier molecular flexibility index (Phi) is 4.60. The SMILES string of the molecule is CC1CCN(C(=O)NC(C)c2ccc(-n3ccnn3)cc2)CC1. The molecular weight excluding hydrogens is 290 g/mol. The average Bonchev–Trinajstić information content (AvgIpc) is 3.10. The number of likely N-dealkylation sites (tertiary alicyclic amines) is 1. The van der Waals surface area contributed by atoms with Crippen molar-refractivity contribution < 1.29 is 4.79 Å². The topological polar surface area (TPSA) is 63.1 Å². The quantitative estimate of drug-likeness (QED) is 0.947. The minimum absolute atomic E-state index is 0.0216. The summed E-state index contributed by atoms with van der Waals surface area (Å²) >= 11 is 0. The molecule has 0 radical (unpaired) electrons. The summed E-state index contributed by atoms with van der Waals surface area (Å²) in [6, 6.07) is 8.00. The molecule has 1 aromatic heterocycles. The van der Waals surface area contributed by atoms with Crippen molar-refractivity contribution in [2.45, 2.75) is 32.7 Å². The second-order valence-electron chi connectivity index (χ2n) is 6.28. The van der Waals surface area contributed by atoms with Crippen molar-refractivity contribution in [1.82, 2.24) is 25.2 Å². The van der Waals surface area contributed by atoms with Gasteiger partial charge in [0, 0.05) is 13.1 Å². The first-order valence-electron chi connectivity index (χ1n) is 8.15. The fraction of sp³-hybridized carbons (Fsp3) is 0.471. The maximum absolute atomic E-state index is 12.3. The van der Waals surface area contributed by atoms with E-state index in [1.165, 1.54) is 0 Å². The van der Waals surface area contributed by atoms with E-state index in [1.807, 2.05) is 36.1 Å². The third-order valence-electron chi connectivity index (χ3n) is 4.49. The summed E-state index contributed by atoms with van der Waals surface area (Å²) in [6.45, 7) is 5.96. The van der Waals surface area contributed by atoms with E-state index in [4.69, 9.17) is 0 Å². The second kappa shape index (κ2) is 6.81. The molecule has 122 valence electrons. The van der Waals surface area contributed by atoms with Crippen molar-refractivity contribution in [3.8, 4) is 5.69 Å². The van der Waals surface area contributed by atoms with Crippen LogP contribution in [0.1, 0.15) is 38.3 Å². The predicted molar refractivity (Wildman–Crippen MR) is 88.3 cm³/mol. The number of piperidine rings is 1. The van der Waals surface area contributed by atoms with Crippen LogP contribution in [0.3, 0.4) is 0 Å². The maximum Gasteiger partial charge on any atom is 0.317 e. The van der Waals surface area contributed by atoms with Crippen molar-refractivity contribution in [3.05, 3.63) is 42.2 Å². The van der Waals surface area contributed by atoms with E-state index in [1.54, 1.807) is 17.1 Å². The summed E-state index contributed by atoms with van der Waals surface area (Å²) < 4.78 is 1.71. The highest BCUT2D eigenvalue weighted by molar-refractivity contribution is 5.74. The van der Waals surface area contributed by atoms with Crippen molar-refractivity contribution in [2.75, 3.05) is 13.1 Å². The van der Waals surface area contributed by atoms with Crippen LogP contribution in [0.25, 0.3) is 5.69 Å². The van der Waals surface area contributed by atoms with Gasteiger partial charge in [0.25, 0.3) is 0 Å². The molecule has 1 aliphatic heterocycles. The zero-order valence-corrected chi connectivity index (χ0v) is 13.6. The number of benzene rings is 1. The number of hydrogen-bond donors (Lipinski definition) is 1. The van der Waals surface area contributed by atoms with Gasteiger partial charge in [-0.3, -0.25) is 0 Å². The van der Waals surface area contributed by atoms with E-state index in [0.717, 1.165) is 43.1 Å². The smallest absolute Gasteiger partial charge is 0.317 e. The number of aromatic nitrogens is 3. The predicted octanol–water partition coefficient (Wildman–Crippen LogP) is 2.77. The summed E-state index contributed by atoms with van der Waals surface area (Å²) in [6.07, 6.45) is 5.64. The lowest BCUT2D eigenvalue weighted by Crippen LogP contribution is -2.44. The molecule has 1 N–H and O–H groups in total. The standard InChI is InChI=1S/C17H23N5O/c1-13-7-10-21(11-8-13)17(23)19-14(2)15-3-5-16(6-4-15)22-12-9-18-20-22/h3-6,9,12-14H,7-8,10-11H2,1-2H3,(H,19,23). The van der Waals surface area contributed by atoms with E-state index in [2.05, 4.69) is 22.6 Å². The minimum Gasteiger partial charge on any atom is -0.331 e. The van der Waals surface area contributed by atoms with Gasteiger partial charge in [0.2, 0.25) is 0 Å². The van der Waals surface area contributed by atoms with Crippen LogP contribution in [0.5, 0.6) is 0 Å². The lowest BCUT2D eigenvalue weighted by Gasteiger charge is -2.31.